The predicted molar refractivity (Wildman–Crippen MR) is 53.5 cm³/mol. The quantitative estimate of drug-likeness (QED) is 0.644. The smallest absolute Gasteiger partial charge is 0.212 e. The minimum absolute atomic E-state index is 0.660. The molecule has 1 rings (SSSR count). The molecule has 1 aromatic rings. The van der Waals surface area contributed by atoms with Crippen molar-refractivity contribution in [2.75, 3.05) is 7.11 Å². The van der Waals surface area contributed by atoms with Gasteiger partial charge in [0, 0.05) is 12.3 Å². The molecule has 0 bridgehead atoms. The summed E-state index contributed by atoms with van der Waals surface area (Å²) in [4.78, 5) is 3.88. The molecule has 0 atom stereocenters. The van der Waals surface area contributed by atoms with E-state index in [1.165, 1.54) is 0 Å². The van der Waals surface area contributed by atoms with Gasteiger partial charge in [0.25, 0.3) is 0 Å². The van der Waals surface area contributed by atoms with Gasteiger partial charge in [-0.1, -0.05) is 33.8 Å². The number of ether oxygens (including phenoxy) is 1. The van der Waals surface area contributed by atoms with Gasteiger partial charge < -0.3 is 4.74 Å². The summed E-state index contributed by atoms with van der Waals surface area (Å²) in [5, 5.41) is 0. The standard InChI is InChI=1S/C6H7NO.2C2H6/c1-8-6-4-2-3-5-7-6;2*1-2/h2-5H,1H3;2*1-2H3. The summed E-state index contributed by atoms with van der Waals surface area (Å²) in [6.45, 7) is 8.00. The molecule has 0 radical (unpaired) electrons. The van der Waals surface area contributed by atoms with E-state index >= 15 is 0 Å². The van der Waals surface area contributed by atoms with E-state index in [-0.39, 0.29) is 0 Å². The molecule has 0 unspecified atom stereocenters. The van der Waals surface area contributed by atoms with Gasteiger partial charge in [-0.3, -0.25) is 0 Å². The number of nitrogens with zero attached hydrogens (tertiary/aromatic N) is 1. The van der Waals surface area contributed by atoms with Gasteiger partial charge in [0.15, 0.2) is 0 Å². The van der Waals surface area contributed by atoms with E-state index in [0.29, 0.717) is 5.88 Å². The van der Waals surface area contributed by atoms with E-state index in [0.717, 1.165) is 0 Å². The number of methoxy groups -OCH3 is 1. The van der Waals surface area contributed by atoms with Crippen LogP contribution < -0.4 is 4.74 Å². The van der Waals surface area contributed by atoms with Gasteiger partial charge in [-0.15, -0.1) is 0 Å². The zero-order chi connectivity index (χ0) is 9.82. The number of hydrogen-bond donors (Lipinski definition) is 0. The van der Waals surface area contributed by atoms with Gasteiger partial charge in [-0.2, -0.15) is 0 Å². The number of pyridine rings is 1. The van der Waals surface area contributed by atoms with Crippen LogP contribution in [-0.4, -0.2) is 12.1 Å². The summed E-state index contributed by atoms with van der Waals surface area (Å²) < 4.78 is 4.80. The Kier molecular flexibility index (Phi) is 14.2. The normalized spacial score (nSPS) is 6.75. The number of rotatable bonds is 1. The van der Waals surface area contributed by atoms with E-state index in [1.807, 2.05) is 39.8 Å². The second kappa shape index (κ2) is 12.6. The van der Waals surface area contributed by atoms with E-state index in [1.54, 1.807) is 19.4 Å². The molecule has 0 saturated carbocycles. The average Bonchev–Trinajstić information content (AvgIpc) is 2.25. The van der Waals surface area contributed by atoms with Crippen LogP contribution in [0.15, 0.2) is 24.4 Å². The van der Waals surface area contributed by atoms with Crippen LogP contribution in [0.2, 0.25) is 0 Å². The zero-order valence-electron chi connectivity index (χ0n) is 8.66. The maximum absolute atomic E-state index is 4.80. The molecule has 1 aromatic heterocycles. The molecule has 0 fully saturated rings. The van der Waals surface area contributed by atoms with Crippen LogP contribution in [0.4, 0.5) is 0 Å². The lowest BCUT2D eigenvalue weighted by Crippen LogP contribution is -1.83. The molecule has 0 saturated heterocycles. The third kappa shape index (κ3) is 7.06. The van der Waals surface area contributed by atoms with Crippen molar-refractivity contribution in [3.63, 3.8) is 0 Å². The summed E-state index contributed by atoms with van der Waals surface area (Å²) in [6.07, 6.45) is 1.69. The Morgan fingerprint density at radius 3 is 1.92 bits per heavy atom. The lowest BCUT2D eigenvalue weighted by molar-refractivity contribution is 0.398. The van der Waals surface area contributed by atoms with Crippen molar-refractivity contribution in [3.8, 4) is 5.88 Å². The molecule has 0 aliphatic carbocycles. The summed E-state index contributed by atoms with van der Waals surface area (Å²) in [5.41, 5.74) is 0. The van der Waals surface area contributed by atoms with E-state index in [4.69, 9.17) is 4.74 Å². The topological polar surface area (TPSA) is 22.1 Å². The Labute approximate surface area is 75.6 Å². The van der Waals surface area contributed by atoms with Crippen LogP contribution >= 0.6 is 0 Å². The zero-order valence-corrected chi connectivity index (χ0v) is 8.66. The van der Waals surface area contributed by atoms with Gasteiger partial charge in [0.1, 0.15) is 0 Å². The third-order valence-corrected chi connectivity index (χ3v) is 0.847. The molecular weight excluding hydrogens is 150 g/mol. The molecule has 0 aliphatic rings. The molecule has 0 aliphatic heterocycles. The van der Waals surface area contributed by atoms with Crippen LogP contribution in [0, 0.1) is 0 Å². The van der Waals surface area contributed by atoms with Crippen LogP contribution in [0.5, 0.6) is 5.88 Å². The van der Waals surface area contributed by atoms with Crippen molar-refractivity contribution in [1.82, 2.24) is 4.98 Å². The molecule has 70 valence electrons. The molecule has 0 amide bonds. The lowest BCUT2D eigenvalue weighted by atomic mass is 10.5. The summed E-state index contributed by atoms with van der Waals surface area (Å²) >= 11 is 0. The molecule has 2 heteroatoms. The second-order valence-corrected chi connectivity index (χ2v) is 1.37. The molecule has 0 N–H and O–H groups in total. The van der Waals surface area contributed by atoms with Gasteiger partial charge in [-0.05, 0) is 6.07 Å². The predicted octanol–water partition coefficient (Wildman–Crippen LogP) is 3.14. The largest absolute Gasteiger partial charge is 0.481 e. The molecule has 2 nitrogen and oxygen atoms in total. The molecule has 0 spiro atoms. The van der Waals surface area contributed by atoms with Crippen molar-refractivity contribution >= 4 is 0 Å². The number of aromatic nitrogens is 1. The third-order valence-electron chi connectivity index (χ3n) is 0.847. The highest BCUT2D eigenvalue weighted by atomic mass is 16.5. The minimum Gasteiger partial charge on any atom is -0.481 e. The first-order chi connectivity index (χ1) is 5.93. The van der Waals surface area contributed by atoms with Gasteiger partial charge in [0.2, 0.25) is 5.88 Å². The van der Waals surface area contributed by atoms with Gasteiger partial charge in [-0.25, -0.2) is 4.98 Å². The first-order valence-electron chi connectivity index (χ1n) is 4.38. The molecule has 0 aromatic carbocycles. The maximum Gasteiger partial charge on any atom is 0.212 e. The average molecular weight is 169 g/mol. The second-order valence-electron chi connectivity index (χ2n) is 1.37. The number of hydrogen-bond acceptors (Lipinski definition) is 2. The van der Waals surface area contributed by atoms with Crippen molar-refractivity contribution in [2.45, 2.75) is 27.7 Å². The summed E-state index contributed by atoms with van der Waals surface area (Å²) in [7, 11) is 1.60. The van der Waals surface area contributed by atoms with Gasteiger partial charge in [0.05, 0.1) is 7.11 Å². The summed E-state index contributed by atoms with van der Waals surface area (Å²) in [5.74, 6) is 0.660. The molecular formula is C10H19NO. The Morgan fingerprint density at radius 1 is 1.08 bits per heavy atom. The van der Waals surface area contributed by atoms with Crippen molar-refractivity contribution in [3.05, 3.63) is 24.4 Å². The Balaban J connectivity index is 0. The highest BCUT2D eigenvalue weighted by Gasteiger charge is 1.82. The SMILES string of the molecule is CC.CC.COc1ccccn1. The van der Waals surface area contributed by atoms with Crippen molar-refractivity contribution in [1.29, 1.82) is 0 Å². The van der Waals surface area contributed by atoms with Crippen LogP contribution in [0.3, 0.4) is 0 Å². The Hall–Kier alpha value is -1.05. The van der Waals surface area contributed by atoms with E-state index < -0.39 is 0 Å². The molecule has 12 heavy (non-hydrogen) atoms. The Morgan fingerprint density at radius 2 is 1.67 bits per heavy atom. The van der Waals surface area contributed by atoms with E-state index in [9.17, 15) is 0 Å². The maximum atomic E-state index is 4.80. The highest BCUT2D eigenvalue weighted by molar-refractivity contribution is 5.08. The first-order valence-corrected chi connectivity index (χ1v) is 4.38. The fraction of sp³-hybridized carbons (Fsp3) is 0.500. The molecule has 1 heterocycles. The minimum atomic E-state index is 0.660. The summed E-state index contributed by atoms with van der Waals surface area (Å²) in [6, 6.07) is 5.54. The lowest BCUT2D eigenvalue weighted by Gasteiger charge is -1.92. The first kappa shape index (κ1) is 13.5. The Bertz CT molecular complexity index is 151. The fourth-order valence-electron chi connectivity index (χ4n) is 0.468. The van der Waals surface area contributed by atoms with Crippen LogP contribution in [0.25, 0.3) is 0 Å². The van der Waals surface area contributed by atoms with Crippen molar-refractivity contribution in [2.24, 2.45) is 0 Å². The monoisotopic (exact) mass is 169 g/mol. The van der Waals surface area contributed by atoms with E-state index in [2.05, 4.69) is 4.98 Å². The van der Waals surface area contributed by atoms with Crippen LogP contribution in [-0.2, 0) is 0 Å². The van der Waals surface area contributed by atoms with Gasteiger partial charge >= 0.3 is 0 Å². The fourth-order valence-corrected chi connectivity index (χ4v) is 0.468. The highest BCUT2D eigenvalue weighted by Crippen LogP contribution is 1.99. The van der Waals surface area contributed by atoms with Crippen LogP contribution in [0.1, 0.15) is 27.7 Å². The van der Waals surface area contributed by atoms with Crippen molar-refractivity contribution < 1.29 is 4.74 Å².